The maximum Gasteiger partial charge on any atom is 0.163 e. The van der Waals surface area contributed by atoms with Crippen LogP contribution in [0.2, 0.25) is 0 Å². The maximum absolute atomic E-state index is 10.2. The highest BCUT2D eigenvalue weighted by Gasteiger charge is 2.17. The molecular formula is C41H50O12. The van der Waals surface area contributed by atoms with Gasteiger partial charge in [-0.25, -0.2) is 0 Å². The molecule has 12 heteroatoms. The van der Waals surface area contributed by atoms with Gasteiger partial charge in [-0.15, -0.1) is 0 Å². The lowest BCUT2D eigenvalue weighted by Crippen LogP contribution is -2.00. The molecule has 0 fully saturated rings. The second kappa shape index (κ2) is 21.6. The van der Waals surface area contributed by atoms with E-state index in [0.717, 1.165) is 11.1 Å². The molecule has 5 aromatic carbocycles. The minimum absolute atomic E-state index is 0.00926. The normalized spacial score (nSPS) is 12.4. The van der Waals surface area contributed by atoms with E-state index in [1.54, 1.807) is 81.4 Å². The van der Waals surface area contributed by atoms with E-state index in [2.05, 4.69) is 0 Å². The van der Waals surface area contributed by atoms with Crippen molar-refractivity contribution in [3.05, 3.63) is 131 Å². The molecule has 0 spiro atoms. The highest BCUT2D eigenvalue weighted by atomic mass is 16.5. The van der Waals surface area contributed by atoms with Crippen molar-refractivity contribution in [2.75, 3.05) is 28.4 Å². The summed E-state index contributed by atoms with van der Waals surface area (Å²) in [6.07, 6.45) is -2.65. The van der Waals surface area contributed by atoms with E-state index in [4.69, 9.17) is 24.1 Å². The fourth-order valence-corrected chi connectivity index (χ4v) is 4.70. The summed E-state index contributed by atoms with van der Waals surface area (Å²) in [5.41, 5.74) is 3.05. The molecule has 0 radical (unpaired) electrons. The number of phenols is 4. The summed E-state index contributed by atoms with van der Waals surface area (Å²) in [5, 5.41) is 75.7. The molecule has 0 aliphatic rings. The molecule has 5 rings (SSSR count). The Balaban J connectivity index is 0.000000248. The molecule has 0 aromatic heterocycles. The third kappa shape index (κ3) is 12.8. The van der Waals surface area contributed by atoms with Crippen molar-refractivity contribution < 1.29 is 59.8 Å². The summed E-state index contributed by atoms with van der Waals surface area (Å²) in [6, 6.07) is 28.9. The van der Waals surface area contributed by atoms with Gasteiger partial charge in [0.1, 0.15) is 6.10 Å². The highest BCUT2D eigenvalue weighted by molar-refractivity contribution is 5.49. The third-order valence-electron chi connectivity index (χ3n) is 7.73. The Morgan fingerprint density at radius 3 is 1.34 bits per heavy atom. The summed E-state index contributed by atoms with van der Waals surface area (Å²) in [7, 11) is 5.91. The van der Waals surface area contributed by atoms with Gasteiger partial charge >= 0.3 is 0 Å². The lowest BCUT2D eigenvalue weighted by atomic mass is 10.0. The second-order valence-corrected chi connectivity index (χ2v) is 11.5. The van der Waals surface area contributed by atoms with Gasteiger partial charge in [0.25, 0.3) is 0 Å². The molecule has 0 saturated carbocycles. The third-order valence-corrected chi connectivity index (χ3v) is 7.73. The zero-order valence-electron chi connectivity index (χ0n) is 30.8. The first kappa shape index (κ1) is 43.5. The number of aliphatic hydroxyl groups excluding tert-OH is 4. The average Bonchev–Trinajstić information content (AvgIpc) is 3.15. The van der Waals surface area contributed by atoms with Crippen LogP contribution in [0.1, 0.15) is 73.0 Å². The fraction of sp³-hybridized carbons (Fsp3) is 0.268. The molecule has 0 aliphatic carbocycles. The Hall–Kier alpha value is -5.66. The Morgan fingerprint density at radius 2 is 0.868 bits per heavy atom. The van der Waals surface area contributed by atoms with Crippen LogP contribution in [0.5, 0.6) is 46.0 Å². The lowest BCUT2D eigenvalue weighted by Gasteiger charge is -2.14. The van der Waals surface area contributed by atoms with Gasteiger partial charge in [0.15, 0.2) is 46.0 Å². The SMILES string of the molecule is COc1cc(C(C)O)ccc1O.COc1ccc(C(C)O)cc1O.COc1cccc(C(C)O)c1O.COc1cccc(C(O)c2ccccc2)c1O. The van der Waals surface area contributed by atoms with Crippen LogP contribution in [-0.4, -0.2) is 69.3 Å². The Morgan fingerprint density at radius 1 is 0.396 bits per heavy atom. The molecule has 8 N–H and O–H groups in total. The number of para-hydroxylation sites is 2. The minimum atomic E-state index is -0.855. The molecule has 12 nitrogen and oxygen atoms in total. The number of methoxy groups -OCH3 is 4. The van der Waals surface area contributed by atoms with Gasteiger partial charge in [0, 0.05) is 11.1 Å². The van der Waals surface area contributed by atoms with Crippen molar-refractivity contribution in [1.82, 2.24) is 0 Å². The van der Waals surface area contributed by atoms with Crippen LogP contribution in [0.15, 0.2) is 103 Å². The van der Waals surface area contributed by atoms with Gasteiger partial charge in [-0.1, -0.05) is 66.7 Å². The minimum Gasteiger partial charge on any atom is -0.504 e. The number of hydrogen-bond donors (Lipinski definition) is 8. The van der Waals surface area contributed by atoms with Gasteiger partial charge in [0.05, 0.1) is 46.8 Å². The van der Waals surface area contributed by atoms with Gasteiger partial charge in [-0.05, 0) is 73.9 Å². The summed E-state index contributed by atoms with van der Waals surface area (Å²) < 4.78 is 19.6. The molecule has 0 heterocycles. The molecule has 53 heavy (non-hydrogen) atoms. The van der Waals surface area contributed by atoms with Gasteiger partial charge in [-0.2, -0.15) is 0 Å². The first-order valence-electron chi connectivity index (χ1n) is 16.4. The Kier molecular flexibility index (Phi) is 17.8. The van der Waals surface area contributed by atoms with Crippen molar-refractivity contribution in [3.63, 3.8) is 0 Å². The first-order valence-corrected chi connectivity index (χ1v) is 16.4. The van der Waals surface area contributed by atoms with Gasteiger partial charge in [-0.3, -0.25) is 0 Å². The van der Waals surface area contributed by atoms with E-state index in [9.17, 15) is 35.7 Å². The summed E-state index contributed by atoms with van der Waals surface area (Å²) >= 11 is 0. The quantitative estimate of drug-likeness (QED) is 0.0785. The predicted octanol–water partition coefficient (Wildman–Crippen LogP) is 6.84. The number of aliphatic hydroxyl groups is 4. The zero-order chi connectivity index (χ0) is 39.7. The van der Waals surface area contributed by atoms with E-state index in [1.165, 1.54) is 40.6 Å². The molecular weight excluding hydrogens is 684 g/mol. The van der Waals surface area contributed by atoms with E-state index in [0.29, 0.717) is 39.7 Å². The smallest absolute Gasteiger partial charge is 0.163 e. The second-order valence-electron chi connectivity index (χ2n) is 11.5. The lowest BCUT2D eigenvalue weighted by molar-refractivity contribution is 0.193. The molecule has 0 amide bonds. The van der Waals surface area contributed by atoms with Crippen molar-refractivity contribution in [1.29, 1.82) is 0 Å². The van der Waals surface area contributed by atoms with E-state index < -0.39 is 24.4 Å². The maximum atomic E-state index is 10.2. The Labute approximate surface area is 309 Å². The average molecular weight is 735 g/mol. The first-order chi connectivity index (χ1) is 25.2. The molecule has 5 aromatic rings. The monoisotopic (exact) mass is 734 g/mol. The molecule has 0 aliphatic heterocycles. The largest absolute Gasteiger partial charge is 0.504 e. The van der Waals surface area contributed by atoms with Crippen LogP contribution in [-0.2, 0) is 0 Å². The predicted molar refractivity (Wildman–Crippen MR) is 201 cm³/mol. The summed E-state index contributed by atoms with van der Waals surface area (Å²) in [6.45, 7) is 4.89. The van der Waals surface area contributed by atoms with Crippen LogP contribution >= 0.6 is 0 Å². The highest BCUT2D eigenvalue weighted by Crippen LogP contribution is 2.36. The van der Waals surface area contributed by atoms with Crippen molar-refractivity contribution in [3.8, 4) is 46.0 Å². The number of ether oxygens (including phenoxy) is 4. The number of benzene rings is 5. The van der Waals surface area contributed by atoms with Crippen LogP contribution < -0.4 is 18.9 Å². The molecule has 286 valence electrons. The molecule has 0 bridgehead atoms. The van der Waals surface area contributed by atoms with Crippen molar-refractivity contribution >= 4 is 0 Å². The Bertz CT molecular complexity index is 1820. The van der Waals surface area contributed by atoms with Gasteiger partial charge < -0.3 is 59.8 Å². The van der Waals surface area contributed by atoms with Crippen molar-refractivity contribution in [2.24, 2.45) is 0 Å². The fourth-order valence-electron chi connectivity index (χ4n) is 4.70. The van der Waals surface area contributed by atoms with Crippen LogP contribution in [0.3, 0.4) is 0 Å². The van der Waals surface area contributed by atoms with E-state index >= 15 is 0 Å². The van der Waals surface area contributed by atoms with Crippen LogP contribution in [0.4, 0.5) is 0 Å². The topological polar surface area (TPSA) is 199 Å². The zero-order valence-corrected chi connectivity index (χ0v) is 30.8. The molecule has 0 saturated heterocycles. The summed E-state index contributed by atoms with van der Waals surface area (Å²) in [5.74, 6) is 1.66. The number of phenolic OH excluding ortho intramolecular Hbond substituents is 4. The number of aromatic hydroxyl groups is 4. The van der Waals surface area contributed by atoms with E-state index in [1.807, 2.05) is 30.3 Å². The van der Waals surface area contributed by atoms with Crippen LogP contribution in [0.25, 0.3) is 0 Å². The standard InChI is InChI=1S/C14H14O3.3C9H12O3/c1-17-12-9-5-8-11(14(12)16)13(15)10-6-3-2-4-7-10;1-6(10)7-3-4-9(12-2)8(11)5-7;1-6(10)7-3-4-8(11)9(5-7)12-2;1-6(10)7-4-3-5-8(12-2)9(7)11/h2-9,13,15-16H,1H3;3*3-6,10-11H,1-2H3. The van der Waals surface area contributed by atoms with Gasteiger partial charge in [0.2, 0.25) is 0 Å². The van der Waals surface area contributed by atoms with E-state index in [-0.39, 0.29) is 23.0 Å². The molecule has 4 unspecified atom stereocenters. The van der Waals surface area contributed by atoms with Crippen LogP contribution in [0, 0.1) is 0 Å². The van der Waals surface area contributed by atoms with Crippen molar-refractivity contribution in [2.45, 2.75) is 45.2 Å². The number of rotatable bonds is 9. The number of hydrogen-bond acceptors (Lipinski definition) is 12. The summed E-state index contributed by atoms with van der Waals surface area (Å²) in [4.78, 5) is 0. The molecule has 4 atom stereocenters.